The summed E-state index contributed by atoms with van der Waals surface area (Å²) in [5.41, 5.74) is 1.52. The van der Waals surface area contributed by atoms with Gasteiger partial charge in [0.25, 0.3) is 5.91 Å². The van der Waals surface area contributed by atoms with Crippen LogP contribution in [0.5, 0.6) is 0 Å². The van der Waals surface area contributed by atoms with E-state index in [1.54, 1.807) is 4.68 Å². The lowest BCUT2D eigenvalue weighted by Crippen LogP contribution is -2.45. The molecule has 1 amide bonds. The number of benzene rings is 1. The van der Waals surface area contributed by atoms with Crippen molar-refractivity contribution in [3.8, 4) is 0 Å². The zero-order valence-electron chi connectivity index (χ0n) is 11.6. The molecule has 0 N–H and O–H groups in total. The number of amides is 1. The first-order valence-electron chi connectivity index (χ1n) is 7.01. The van der Waals surface area contributed by atoms with Crippen LogP contribution in [0.15, 0.2) is 24.3 Å². The van der Waals surface area contributed by atoms with E-state index in [-0.39, 0.29) is 11.9 Å². The van der Waals surface area contributed by atoms with Crippen molar-refractivity contribution in [3.63, 3.8) is 0 Å². The van der Waals surface area contributed by atoms with E-state index in [1.165, 1.54) is 0 Å². The third-order valence-corrected chi connectivity index (χ3v) is 4.38. The van der Waals surface area contributed by atoms with Crippen LogP contribution < -0.4 is 0 Å². The minimum Gasteiger partial charge on any atom is -0.333 e. The molecule has 106 valence electrons. The van der Waals surface area contributed by atoms with Gasteiger partial charge >= 0.3 is 0 Å². The van der Waals surface area contributed by atoms with E-state index >= 15 is 0 Å². The van der Waals surface area contributed by atoms with Gasteiger partial charge in [-0.2, -0.15) is 5.10 Å². The van der Waals surface area contributed by atoms with Crippen molar-refractivity contribution in [1.82, 2.24) is 14.7 Å². The van der Waals surface area contributed by atoms with Gasteiger partial charge in [0.1, 0.15) is 0 Å². The van der Waals surface area contributed by atoms with E-state index in [4.69, 9.17) is 11.6 Å². The summed E-state index contributed by atoms with van der Waals surface area (Å²) in [6, 6.07) is 7.97. The number of hydrogen-bond donors (Lipinski definition) is 0. The lowest BCUT2D eigenvalue weighted by atomic mass is 10.0. The van der Waals surface area contributed by atoms with E-state index in [2.05, 4.69) is 5.10 Å². The Balaban J connectivity index is 2.00. The van der Waals surface area contributed by atoms with Gasteiger partial charge in [-0.1, -0.05) is 18.2 Å². The number of hydrogen-bond acceptors (Lipinski definition) is 2. The average molecular weight is 292 g/mol. The highest BCUT2D eigenvalue weighted by molar-refractivity contribution is 6.18. The minimum atomic E-state index is 0.00662. The summed E-state index contributed by atoms with van der Waals surface area (Å²) in [5, 5.41) is 5.33. The van der Waals surface area contributed by atoms with Crippen molar-refractivity contribution in [1.29, 1.82) is 0 Å². The third-order valence-electron chi connectivity index (χ3n) is 4.03. The van der Waals surface area contributed by atoms with Crippen molar-refractivity contribution in [2.75, 3.05) is 12.4 Å². The number of rotatable bonds is 2. The fourth-order valence-corrected chi connectivity index (χ4v) is 3.26. The van der Waals surface area contributed by atoms with Crippen LogP contribution in [0.3, 0.4) is 0 Å². The molecule has 3 rings (SSSR count). The normalized spacial score (nSPS) is 19.5. The van der Waals surface area contributed by atoms with Gasteiger partial charge in [-0.3, -0.25) is 9.48 Å². The van der Waals surface area contributed by atoms with Gasteiger partial charge in [0.15, 0.2) is 5.69 Å². The summed E-state index contributed by atoms with van der Waals surface area (Å²) in [4.78, 5) is 14.7. The summed E-state index contributed by atoms with van der Waals surface area (Å²) in [7, 11) is 1.87. The Hall–Kier alpha value is -1.55. The van der Waals surface area contributed by atoms with Gasteiger partial charge in [0, 0.05) is 30.9 Å². The number of piperidine rings is 1. The number of halogens is 1. The maximum absolute atomic E-state index is 12.8. The largest absolute Gasteiger partial charge is 0.333 e. The number of likely N-dealkylation sites (tertiary alicyclic amines) is 1. The molecular weight excluding hydrogens is 274 g/mol. The molecule has 0 aliphatic carbocycles. The predicted molar refractivity (Wildman–Crippen MR) is 80.1 cm³/mol. The fraction of sp³-hybridized carbons (Fsp3) is 0.467. The summed E-state index contributed by atoms with van der Waals surface area (Å²) in [5.74, 6) is 0.503. The second-order valence-corrected chi connectivity index (χ2v) is 5.60. The highest BCUT2D eigenvalue weighted by atomic mass is 35.5. The Bertz CT molecular complexity index is 637. The molecule has 1 aromatic carbocycles. The molecule has 2 aromatic rings. The van der Waals surface area contributed by atoms with Crippen molar-refractivity contribution < 1.29 is 4.79 Å². The van der Waals surface area contributed by atoms with E-state index < -0.39 is 0 Å². The number of aromatic nitrogens is 2. The molecule has 1 aromatic heterocycles. The summed E-state index contributed by atoms with van der Waals surface area (Å²) in [6.07, 6.45) is 3.17. The zero-order chi connectivity index (χ0) is 14.1. The van der Waals surface area contributed by atoms with Gasteiger partial charge < -0.3 is 4.90 Å². The molecule has 5 heteroatoms. The van der Waals surface area contributed by atoms with E-state index in [0.717, 1.165) is 36.7 Å². The molecule has 1 atom stereocenters. The molecule has 0 bridgehead atoms. The van der Waals surface area contributed by atoms with Crippen molar-refractivity contribution >= 4 is 28.4 Å². The minimum absolute atomic E-state index is 0.00662. The smallest absolute Gasteiger partial charge is 0.275 e. The lowest BCUT2D eigenvalue weighted by molar-refractivity contribution is 0.0634. The van der Waals surface area contributed by atoms with E-state index in [0.29, 0.717) is 11.6 Å². The maximum atomic E-state index is 12.8. The molecule has 1 aliphatic rings. The van der Waals surface area contributed by atoms with Crippen LogP contribution in [0.1, 0.15) is 29.8 Å². The number of carbonyl (C=O) groups excluding carboxylic acids is 1. The van der Waals surface area contributed by atoms with Gasteiger partial charge in [-0.05, 0) is 25.3 Å². The van der Waals surface area contributed by atoms with Crippen LogP contribution in [-0.4, -0.2) is 39.1 Å². The molecule has 1 saturated heterocycles. The van der Waals surface area contributed by atoms with E-state index in [9.17, 15) is 4.79 Å². The Morgan fingerprint density at radius 2 is 2.20 bits per heavy atom. The van der Waals surface area contributed by atoms with Crippen LogP contribution in [-0.2, 0) is 7.05 Å². The molecule has 0 spiro atoms. The highest BCUT2D eigenvalue weighted by Gasteiger charge is 2.29. The molecule has 0 saturated carbocycles. The zero-order valence-corrected chi connectivity index (χ0v) is 12.3. The van der Waals surface area contributed by atoms with Gasteiger partial charge in [0.2, 0.25) is 0 Å². The Morgan fingerprint density at radius 1 is 1.40 bits per heavy atom. The Labute approximate surface area is 123 Å². The Morgan fingerprint density at radius 3 is 3.00 bits per heavy atom. The SMILES string of the molecule is Cn1nc(C(=O)N2CCCCC2CCl)c2ccccc21. The molecule has 20 heavy (non-hydrogen) atoms. The average Bonchev–Trinajstić information content (AvgIpc) is 2.84. The molecule has 1 aliphatic heterocycles. The topological polar surface area (TPSA) is 38.1 Å². The quantitative estimate of drug-likeness (QED) is 0.798. The molecule has 4 nitrogen and oxygen atoms in total. The predicted octanol–water partition coefficient (Wildman–Crippen LogP) is 2.81. The molecule has 2 heterocycles. The second-order valence-electron chi connectivity index (χ2n) is 5.29. The fourth-order valence-electron chi connectivity index (χ4n) is 2.94. The van der Waals surface area contributed by atoms with Crippen molar-refractivity contribution in [2.45, 2.75) is 25.3 Å². The van der Waals surface area contributed by atoms with E-state index in [1.807, 2.05) is 36.2 Å². The van der Waals surface area contributed by atoms with Crippen LogP contribution in [0.4, 0.5) is 0 Å². The number of para-hydroxylation sites is 1. The standard InChI is InChI=1S/C15H18ClN3O/c1-18-13-8-3-2-7-12(13)14(17-18)15(20)19-9-5-4-6-11(19)10-16/h2-3,7-8,11H,4-6,9-10H2,1H3. The van der Waals surface area contributed by atoms with Crippen LogP contribution in [0.2, 0.25) is 0 Å². The number of alkyl halides is 1. The van der Waals surface area contributed by atoms with Gasteiger partial charge in [-0.15, -0.1) is 11.6 Å². The summed E-state index contributed by atoms with van der Waals surface area (Å²) in [6.45, 7) is 0.779. The second kappa shape index (κ2) is 5.44. The van der Waals surface area contributed by atoms with Crippen molar-refractivity contribution in [2.24, 2.45) is 7.05 Å². The number of carbonyl (C=O) groups is 1. The molecular formula is C15H18ClN3O. The summed E-state index contributed by atoms with van der Waals surface area (Å²) >= 11 is 6.01. The Kier molecular flexibility index (Phi) is 3.66. The highest BCUT2D eigenvalue weighted by Crippen LogP contribution is 2.24. The monoisotopic (exact) mass is 291 g/mol. The number of aryl methyl sites for hydroxylation is 1. The van der Waals surface area contributed by atoms with Crippen LogP contribution in [0.25, 0.3) is 10.9 Å². The number of nitrogens with zero attached hydrogens (tertiary/aromatic N) is 3. The summed E-state index contributed by atoms with van der Waals surface area (Å²) < 4.78 is 1.77. The van der Waals surface area contributed by atoms with Crippen molar-refractivity contribution in [3.05, 3.63) is 30.0 Å². The van der Waals surface area contributed by atoms with Crippen LogP contribution in [0, 0.1) is 0 Å². The molecule has 1 unspecified atom stereocenters. The molecule has 0 radical (unpaired) electrons. The van der Waals surface area contributed by atoms with Gasteiger partial charge in [-0.25, -0.2) is 0 Å². The maximum Gasteiger partial charge on any atom is 0.275 e. The van der Waals surface area contributed by atoms with Crippen LogP contribution >= 0.6 is 11.6 Å². The lowest BCUT2D eigenvalue weighted by Gasteiger charge is -2.34. The first kappa shape index (κ1) is 13.4. The van der Waals surface area contributed by atoms with Gasteiger partial charge in [0.05, 0.1) is 5.52 Å². The first-order valence-corrected chi connectivity index (χ1v) is 7.54. The number of fused-ring (bicyclic) bond motifs is 1. The first-order chi connectivity index (χ1) is 9.72. The molecule has 1 fully saturated rings. The third kappa shape index (κ3) is 2.18.